The normalized spacial score (nSPS) is 11.5. The first-order valence-corrected chi connectivity index (χ1v) is 39.5. The third-order valence-corrected chi connectivity index (χ3v) is 21.5. The van der Waals surface area contributed by atoms with E-state index < -0.39 is 45.0 Å². The van der Waals surface area contributed by atoms with Gasteiger partial charge in [0, 0.05) is 93.6 Å². The molecule has 8 heterocycles. The smallest absolute Gasteiger partial charge is 0.349 e. The first-order valence-electron chi connectivity index (χ1n) is 38.4. The van der Waals surface area contributed by atoms with Crippen LogP contribution in [0.15, 0.2) is 178 Å². The van der Waals surface area contributed by atoms with Crippen LogP contribution in [0.4, 0.5) is 0 Å². The van der Waals surface area contributed by atoms with E-state index in [1.54, 1.807) is 7.11 Å². The predicted molar refractivity (Wildman–Crippen MR) is 466 cm³/mol. The van der Waals surface area contributed by atoms with Crippen molar-refractivity contribution in [1.29, 1.82) is 0 Å². The van der Waals surface area contributed by atoms with Crippen LogP contribution in [0.2, 0.25) is 15.1 Å². The van der Waals surface area contributed by atoms with Gasteiger partial charge >= 0.3 is 22.8 Å². The molecule has 0 fully saturated rings. The van der Waals surface area contributed by atoms with Crippen LogP contribution >= 0.6 is 34.8 Å². The first kappa shape index (κ1) is 84.3. The third-order valence-electron chi connectivity index (χ3n) is 20.8. The highest BCUT2D eigenvalue weighted by molar-refractivity contribution is 6.31. The van der Waals surface area contributed by atoms with Crippen LogP contribution in [0.1, 0.15) is 72.3 Å². The number of aromatic nitrogens is 16. The van der Waals surface area contributed by atoms with Gasteiger partial charge in [-0.05, 0) is 239 Å². The van der Waals surface area contributed by atoms with Gasteiger partial charge in [-0.2, -0.15) is 19.9 Å². The number of ether oxygens (including phenoxy) is 1. The number of likely N-dealkylation sites (N-methyl/N-ethyl adjacent to an activating group) is 1. The lowest BCUT2D eigenvalue weighted by molar-refractivity contribution is 0.313. The molecule has 8 aromatic rings. The molecule has 0 atom stereocenters. The zero-order chi connectivity index (χ0) is 84.6. The quantitative estimate of drug-likeness (QED) is 0.0259. The number of rotatable bonds is 21. The van der Waals surface area contributed by atoms with E-state index in [1.807, 2.05) is 227 Å². The number of halogens is 3. The summed E-state index contributed by atoms with van der Waals surface area (Å²) in [5, 5.41) is 12.3. The van der Waals surface area contributed by atoms with Gasteiger partial charge in [-0.3, -0.25) is 39.1 Å². The molecule has 610 valence electrons. The zero-order valence-electron chi connectivity index (χ0n) is 67.4. The number of hydrogen-bond acceptors (Lipinski definition) is 21. The van der Waals surface area contributed by atoms with Crippen LogP contribution in [0.25, 0.3) is 90.2 Å². The van der Waals surface area contributed by atoms with Crippen molar-refractivity contribution in [2.75, 3.05) is 40.3 Å². The molecule has 8 aromatic carbocycles. The van der Waals surface area contributed by atoms with E-state index in [2.05, 4.69) is 80.7 Å². The second-order valence-electron chi connectivity index (χ2n) is 29.4. The van der Waals surface area contributed by atoms with Crippen molar-refractivity contribution in [2.24, 2.45) is 0 Å². The molecule has 0 saturated carbocycles. The van der Waals surface area contributed by atoms with Crippen LogP contribution in [-0.2, 0) is 52.4 Å². The van der Waals surface area contributed by atoms with Gasteiger partial charge in [-0.25, -0.2) is 39.1 Å². The third kappa shape index (κ3) is 19.8. The van der Waals surface area contributed by atoms with Gasteiger partial charge in [0.25, 0.3) is 22.2 Å². The average molecular weight is 1660 g/mol. The van der Waals surface area contributed by atoms with Gasteiger partial charge in [-0.15, -0.1) is 0 Å². The molecule has 32 heteroatoms. The van der Waals surface area contributed by atoms with Gasteiger partial charge in [0.05, 0.1) is 51.2 Å². The van der Waals surface area contributed by atoms with E-state index in [9.17, 15) is 38.4 Å². The fourth-order valence-electron chi connectivity index (χ4n) is 13.9. The maximum atomic E-state index is 12.4. The number of benzene rings is 8. The Morgan fingerprint density at radius 3 is 1.06 bits per heavy atom. The summed E-state index contributed by atoms with van der Waals surface area (Å²) in [6, 6.07) is 45.0. The Balaban J connectivity index is 0.000000137. The standard InChI is InChI=1S/2C22H22ClN5O2.C22H23N5O3.C21H20ClN5O2/c1-13-10-17-18(11-14(13)2)28(20-19(24-17)21(29)26-22(30)25-20)9-8-27(3)12-15-4-6-16(23)7-5-15;1-12-9-17-18(10-13(12)2)28(20-19(25-17)21(29)27-22(30)26-20)7-6-24-11-15-4-5-16(23)8-14(15)3;1-13-9-17-18(10-14(13)2)27(20-19(24-17)21(28)26-22(29)25-20)8-7-23-12-15-5-4-6-16(11-15)30-3;1-12-8-16-17(9-13(12)2)27(19-18(24-16)20(28)26-21(29)25-19)7-6-23-11-14-4-3-5-15(22)10-14/h4-7,10-11H,8-9,12H2,1-3H3,(H,26,29,30);4-5,8-10,24H,6-7,11H2,1-3H3,(H,27,29,30);4-6,9-11,23H,7-8,12H2,1-3H3,(H,26,28,29);3-5,8-10,23H,6-7,11H2,1-2H3,(H,26,28,29). The molecule has 0 amide bonds. The fraction of sp³-hybridized carbons (Fsp3) is 0.264. The Bertz CT molecular complexity index is 6890. The Morgan fingerprint density at radius 2 is 0.689 bits per heavy atom. The Kier molecular flexibility index (Phi) is 26.2. The molecule has 16 rings (SSSR count). The molecule has 8 aliphatic rings. The molecule has 0 spiro atoms. The lowest BCUT2D eigenvalue weighted by Gasteiger charge is -2.21. The lowest BCUT2D eigenvalue weighted by Crippen LogP contribution is -2.30. The van der Waals surface area contributed by atoms with E-state index in [1.165, 1.54) is 0 Å². The highest BCUT2D eigenvalue weighted by atomic mass is 35.5. The SMILES string of the molecule is COc1cccc(CNCCn2c3nc(=O)[nH]c(=O)c-3nc3cc(C)c(C)cc32)c1.Cc1cc2nc3c(=O)[nH]c(=O)nc-3n(CCN(C)Cc3ccc(Cl)cc3)c2cc1C.Cc1cc2nc3c(=O)[nH]c(=O)nc-3n(CCNCc3ccc(Cl)cc3C)c2cc1C.Cc1cc2nc3c(=O)[nH]c(=O)nc-3n(CCNCc3cccc(Cl)c3)c2cc1C. The van der Waals surface area contributed by atoms with Crippen molar-refractivity contribution in [3.63, 3.8) is 0 Å². The second-order valence-corrected chi connectivity index (χ2v) is 30.7. The number of nitrogens with zero attached hydrogens (tertiary/aromatic N) is 13. The minimum atomic E-state index is -0.673. The van der Waals surface area contributed by atoms with Crippen molar-refractivity contribution in [1.82, 2.24) is 98.9 Å². The molecule has 0 unspecified atom stereocenters. The zero-order valence-corrected chi connectivity index (χ0v) is 69.7. The van der Waals surface area contributed by atoms with Crippen molar-refractivity contribution >= 4 is 78.9 Å². The van der Waals surface area contributed by atoms with E-state index in [-0.39, 0.29) is 22.8 Å². The molecule has 0 radical (unpaired) electrons. The number of fused-ring (bicyclic) bond motifs is 8. The molecule has 0 aromatic heterocycles. The van der Waals surface area contributed by atoms with Crippen LogP contribution in [-0.4, -0.2) is 123 Å². The minimum absolute atomic E-state index is 0.162. The van der Waals surface area contributed by atoms with Crippen molar-refractivity contribution in [2.45, 2.75) is 115 Å². The summed E-state index contributed by atoms with van der Waals surface area (Å²) in [5.74, 6) is 2.00. The minimum Gasteiger partial charge on any atom is -0.497 e. The molecular weight excluding hydrogens is 1580 g/mol. The Hall–Kier alpha value is -12.6. The Morgan fingerprint density at radius 1 is 0.353 bits per heavy atom. The number of methoxy groups -OCH3 is 1. The van der Waals surface area contributed by atoms with E-state index >= 15 is 0 Å². The van der Waals surface area contributed by atoms with Crippen LogP contribution in [0, 0.1) is 62.3 Å². The summed E-state index contributed by atoms with van der Waals surface area (Å²) in [5.41, 5.74) is 16.4. The number of hydrogen-bond donors (Lipinski definition) is 7. The maximum absolute atomic E-state index is 12.4. The lowest BCUT2D eigenvalue weighted by atomic mass is 10.1. The molecule has 7 N–H and O–H groups in total. The number of aryl methyl sites for hydroxylation is 9. The van der Waals surface area contributed by atoms with Crippen molar-refractivity contribution in [3.8, 4) is 51.8 Å². The molecular formula is C87H87Cl3N20O9. The first-order chi connectivity index (χ1) is 57.0. The molecule has 8 aliphatic heterocycles. The predicted octanol–water partition coefficient (Wildman–Crippen LogP) is 10.6. The van der Waals surface area contributed by atoms with E-state index in [0.29, 0.717) is 127 Å². The summed E-state index contributed by atoms with van der Waals surface area (Å²) in [7, 11) is 3.67. The van der Waals surface area contributed by atoms with Gasteiger partial charge < -0.3 is 43.9 Å². The highest BCUT2D eigenvalue weighted by Crippen LogP contribution is 2.29. The van der Waals surface area contributed by atoms with Crippen LogP contribution in [0.5, 0.6) is 5.75 Å². The van der Waals surface area contributed by atoms with E-state index in [4.69, 9.17) is 39.5 Å². The number of nitrogens with one attached hydrogen (secondary N) is 7. The molecule has 0 saturated heterocycles. The van der Waals surface area contributed by atoms with Gasteiger partial charge in [-0.1, -0.05) is 77.3 Å². The Labute approximate surface area is 695 Å². The maximum Gasteiger partial charge on any atom is 0.349 e. The highest BCUT2D eigenvalue weighted by Gasteiger charge is 2.25. The van der Waals surface area contributed by atoms with Crippen molar-refractivity contribution in [3.05, 3.63) is 310 Å². The van der Waals surface area contributed by atoms with Crippen LogP contribution < -0.4 is 65.7 Å². The molecule has 0 aliphatic carbocycles. The summed E-state index contributed by atoms with van der Waals surface area (Å²) >= 11 is 18.0. The van der Waals surface area contributed by atoms with Crippen molar-refractivity contribution < 1.29 is 4.74 Å². The summed E-state index contributed by atoms with van der Waals surface area (Å²) < 4.78 is 12.8. The van der Waals surface area contributed by atoms with Gasteiger partial charge in [0.1, 0.15) is 5.75 Å². The number of aromatic amines is 4. The molecule has 0 bridgehead atoms. The van der Waals surface area contributed by atoms with Gasteiger partial charge in [0.2, 0.25) is 0 Å². The largest absolute Gasteiger partial charge is 0.497 e. The summed E-state index contributed by atoms with van der Waals surface area (Å²) in [6.07, 6.45) is 0. The second kappa shape index (κ2) is 36.9. The summed E-state index contributed by atoms with van der Waals surface area (Å²) in [6.45, 7) is 25.6. The van der Waals surface area contributed by atoms with Gasteiger partial charge in [0.15, 0.2) is 46.1 Å². The monoisotopic (exact) mass is 1660 g/mol. The van der Waals surface area contributed by atoms with Crippen LogP contribution in [0.3, 0.4) is 0 Å². The average Bonchev–Trinajstić information content (AvgIpc) is 0.774. The molecule has 119 heavy (non-hydrogen) atoms. The fourth-order valence-corrected chi connectivity index (χ4v) is 14.5. The number of H-pyrrole nitrogens is 4. The molecule has 29 nitrogen and oxygen atoms in total. The summed E-state index contributed by atoms with van der Waals surface area (Å²) in [4.78, 5) is 142. The van der Waals surface area contributed by atoms with E-state index in [0.717, 1.165) is 112 Å². The topological polar surface area (TPSA) is 371 Å².